The Hall–Kier alpha value is -2.12. The molecule has 0 bridgehead atoms. The third-order valence-electron chi connectivity index (χ3n) is 3.25. The first-order valence-electron chi connectivity index (χ1n) is 6.91. The monoisotopic (exact) mass is 276 g/mol. The van der Waals surface area contributed by atoms with Gasteiger partial charge in [-0.15, -0.1) is 0 Å². The molecule has 0 nitrogen and oxygen atoms in total. The molecule has 0 saturated heterocycles. The Morgan fingerprint density at radius 2 is 1.35 bits per heavy atom. The molecule has 0 radical (unpaired) electrons. The van der Waals surface area contributed by atoms with E-state index in [0.29, 0.717) is 0 Å². The van der Waals surface area contributed by atoms with Gasteiger partial charge in [0.2, 0.25) is 0 Å². The maximum absolute atomic E-state index is 4.32. The lowest BCUT2D eigenvalue weighted by atomic mass is 10.4. The minimum atomic E-state index is -1.40. The minimum Gasteiger partial charge on any atom is -0.0993 e. The van der Waals surface area contributed by atoms with Gasteiger partial charge in [0.25, 0.3) is 0 Å². The number of hydrogen-bond donors (Lipinski definition) is 0. The molecule has 0 aliphatic rings. The predicted molar refractivity (Wildman–Crippen MR) is 92.4 cm³/mol. The molecule has 0 fully saturated rings. The molecular weight excluding hydrogens is 256 g/mol. The van der Waals surface area contributed by atoms with E-state index in [1.54, 1.807) is 0 Å². The summed E-state index contributed by atoms with van der Waals surface area (Å²) in [5.74, 6) is 0. The first kappa shape index (κ1) is 14.3. The molecule has 2 rings (SSSR count). The average molecular weight is 276 g/mol. The van der Waals surface area contributed by atoms with E-state index in [1.807, 2.05) is 19.1 Å². The molecule has 0 N–H and O–H groups in total. The molecule has 0 amide bonds. The highest BCUT2D eigenvalue weighted by Crippen LogP contribution is 2.04. The lowest BCUT2D eigenvalue weighted by molar-refractivity contribution is 1.70. The summed E-state index contributed by atoms with van der Waals surface area (Å²) in [6.07, 6.45) is 8.31. The molecule has 0 atom stereocenters. The maximum Gasteiger partial charge on any atom is 0.132 e. The Morgan fingerprint density at radius 3 is 1.80 bits per heavy atom. The molecule has 2 aromatic rings. The molecule has 100 valence electrons. The van der Waals surface area contributed by atoms with Crippen LogP contribution in [0.25, 0.3) is 0 Å². The van der Waals surface area contributed by atoms with Gasteiger partial charge in [-0.25, -0.2) is 0 Å². The SMILES string of the molecule is C=C(/C=C\C=C/C)[SiH](c1ccccc1)c1ccccc1. The standard InChI is InChI=1S/C19H20Si/c1-3-4-7-12-17(2)20(18-13-8-5-9-14-18)19-15-10-6-11-16-19/h3-16,20H,2H2,1H3/b4-3-,12-7-. The predicted octanol–water partition coefficient (Wildman–Crippen LogP) is 3.26. The van der Waals surface area contributed by atoms with E-state index in [1.165, 1.54) is 15.6 Å². The highest BCUT2D eigenvalue weighted by molar-refractivity contribution is 6.91. The zero-order chi connectivity index (χ0) is 14.2. The van der Waals surface area contributed by atoms with Crippen LogP contribution in [0, 0.1) is 0 Å². The molecule has 0 aromatic heterocycles. The fourth-order valence-electron chi connectivity index (χ4n) is 2.30. The Bertz CT molecular complexity index is 555. The zero-order valence-corrected chi connectivity index (χ0v) is 13.0. The average Bonchev–Trinajstić information content (AvgIpc) is 2.50. The highest BCUT2D eigenvalue weighted by Gasteiger charge is 2.17. The van der Waals surface area contributed by atoms with Gasteiger partial charge in [-0.2, -0.15) is 0 Å². The van der Waals surface area contributed by atoms with Gasteiger partial charge in [0.15, 0.2) is 0 Å². The van der Waals surface area contributed by atoms with Crippen molar-refractivity contribution in [3.63, 3.8) is 0 Å². The van der Waals surface area contributed by atoms with Crippen LogP contribution in [0.2, 0.25) is 0 Å². The summed E-state index contributed by atoms with van der Waals surface area (Å²) >= 11 is 0. The molecule has 0 aliphatic carbocycles. The van der Waals surface area contributed by atoms with Crippen LogP contribution in [0.4, 0.5) is 0 Å². The van der Waals surface area contributed by atoms with Crippen molar-refractivity contribution in [1.29, 1.82) is 0 Å². The van der Waals surface area contributed by atoms with Crippen molar-refractivity contribution >= 4 is 19.2 Å². The smallest absolute Gasteiger partial charge is 0.0993 e. The van der Waals surface area contributed by atoms with Crippen molar-refractivity contribution < 1.29 is 0 Å². The topological polar surface area (TPSA) is 0 Å². The van der Waals surface area contributed by atoms with E-state index in [2.05, 4.69) is 79.4 Å². The fraction of sp³-hybridized carbons (Fsp3) is 0.0526. The van der Waals surface area contributed by atoms with Crippen molar-refractivity contribution in [2.75, 3.05) is 0 Å². The third kappa shape index (κ3) is 3.69. The van der Waals surface area contributed by atoms with Crippen LogP contribution >= 0.6 is 0 Å². The molecule has 0 saturated carbocycles. The van der Waals surface area contributed by atoms with Crippen molar-refractivity contribution in [2.45, 2.75) is 6.92 Å². The summed E-state index contributed by atoms with van der Waals surface area (Å²) in [5.41, 5.74) is 0. The Morgan fingerprint density at radius 1 is 0.850 bits per heavy atom. The second-order valence-corrected chi connectivity index (χ2v) is 7.66. The second kappa shape index (κ2) is 7.46. The molecule has 0 unspecified atom stereocenters. The van der Waals surface area contributed by atoms with E-state index in [4.69, 9.17) is 0 Å². The van der Waals surface area contributed by atoms with Gasteiger partial charge >= 0.3 is 0 Å². The molecule has 1 heteroatoms. The lowest BCUT2D eigenvalue weighted by Gasteiger charge is -2.17. The zero-order valence-electron chi connectivity index (χ0n) is 11.9. The van der Waals surface area contributed by atoms with Crippen molar-refractivity contribution in [2.24, 2.45) is 0 Å². The van der Waals surface area contributed by atoms with E-state index in [0.717, 1.165) is 0 Å². The van der Waals surface area contributed by atoms with Crippen LogP contribution in [0.5, 0.6) is 0 Å². The Balaban J connectivity index is 2.38. The summed E-state index contributed by atoms with van der Waals surface area (Å²) in [7, 11) is -1.40. The molecule has 2 aromatic carbocycles. The molecule has 0 heterocycles. The number of rotatable bonds is 5. The van der Waals surface area contributed by atoms with E-state index < -0.39 is 8.80 Å². The Kier molecular flexibility index (Phi) is 5.33. The summed E-state index contributed by atoms with van der Waals surface area (Å²) < 4.78 is 0. The maximum atomic E-state index is 4.32. The fourth-order valence-corrected chi connectivity index (χ4v) is 5.06. The molecule has 20 heavy (non-hydrogen) atoms. The number of hydrogen-bond acceptors (Lipinski definition) is 0. The second-order valence-electron chi connectivity index (χ2n) is 4.71. The van der Waals surface area contributed by atoms with E-state index >= 15 is 0 Å². The van der Waals surface area contributed by atoms with Gasteiger partial charge < -0.3 is 0 Å². The van der Waals surface area contributed by atoms with Crippen molar-refractivity contribution in [3.05, 3.63) is 96.7 Å². The summed E-state index contributed by atoms with van der Waals surface area (Å²) in [6, 6.07) is 21.5. The van der Waals surface area contributed by atoms with Crippen LogP contribution in [-0.2, 0) is 0 Å². The summed E-state index contributed by atoms with van der Waals surface area (Å²) in [6.45, 7) is 6.34. The van der Waals surface area contributed by atoms with E-state index in [-0.39, 0.29) is 0 Å². The van der Waals surface area contributed by atoms with Gasteiger partial charge in [-0.1, -0.05) is 107 Å². The Labute approximate surface area is 123 Å². The largest absolute Gasteiger partial charge is 0.132 e. The van der Waals surface area contributed by atoms with Crippen LogP contribution < -0.4 is 10.4 Å². The summed E-state index contributed by atoms with van der Waals surface area (Å²) in [4.78, 5) is 0. The van der Waals surface area contributed by atoms with Crippen LogP contribution in [0.15, 0.2) is 96.7 Å². The molecule has 0 spiro atoms. The lowest BCUT2D eigenvalue weighted by Crippen LogP contribution is -2.43. The van der Waals surface area contributed by atoms with E-state index in [9.17, 15) is 0 Å². The minimum absolute atomic E-state index is 1.24. The van der Waals surface area contributed by atoms with Gasteiger partial charge in [-0.05, 0) is 6.92 Å². The molecule has 0 aliphatic heterocycles. The number of benzene rings is 2. The van der Waals surface area contributed by atoms with Gasteiger partial charge in [0.1, 0.15) is 8.80 Å². The highest BCUT2D eigenvalue weighted by atomic mass is 28.3. The number of allylic oxidation sites excluding steroid dienone is 5. The van der Waals surface area contributed by atoms with Gasteiger partial charge in [0.05, 0.1) is 0 Å². The quantitative estimate of drug-likeness (QED) is 0.581. The van der Waals surface area contributed by atoms with Gasteiger partial charge in [0, 0.05) is 0 Å². The van der Waals surface area contributed by atoms with Crippen molar-refractivity contribution in [3.8, 4) is 0 Å². The van der Waals surface area contributed by atoms with Crippen LogP contribution in [0.1, 0.15) is 6.92 Å². The normalized spacial score (nSPS) is 11.5. The van der Waals surface area contributed by atoms with Crippen molar-refractivity contribution in [1.82, 2.24) is 0 Å². The van der Waals surface area contributed by atoms with Crippen LogP contribution in [0.3, 0.4) is 0 Å². The third-order valence-corrected chi connectivity index (χ3v) is 6.29. The first-order valence-corrected chi connectivity index (χ1v) is 8.64. The molecular formula is C19H20Si. The van der Waals surface area contributed by atoms with Gasteiger partial charge in [-0.3, -0.25) is 0 Å². The van der Waals surface area contributed by atoms with Crippen LogP contribution in [-0.4, -0.2) is 8.80 Å². The first-order chi connectivity index (χ1) is 9.83. The summed E-state index contributed by atoms with van der Waals surface area (Å²) in [5, 5.41) is 4.06.